The number of hydrogen-bond donors (Lipinski definition) is 2. The third-order valence-corrected chi connectivity index (χ3v) is 4.24. The van der Waals surface area contributed by atoms with Crippen molar-refractivity contribution in [2.75, 3.05) is 13.2 Å². The fraction of sp³-hybridized carbons (Fsp3) is 0.400. The van der Waals surface area contributed by atoms with Gasteiger partial charge in [0.2, 0.25) is 5.88 Å². The van der Waals surface area contributed by atoms with Gasteiger partial charge in [0.15, 0.2) is 6.61 Å². The number of aryl methyl sites for hydroxylation is 1. The summed E-state index contributed by atoms with van der Waals surface area (Å²) in [6.07, 6.45) is 4.75. The Morgan fingerprint density at radius 3 is 2.83 bits per heavy atom. The molecule has 30 heavy (non-hydrogen) atoms. The molecule has 0 saturated heterocycles. The Morgan fingerprint density at radius 1 is 1.40 bits per heavy atom. The van der Waals surface area contributed by atoms with Crippen molar-refractivity contribution in [2.45, 2.75) is 39.3 Å². The first-order chi connectivity index (χ1) is 14.2. The molecule has 1 amide bonds. The quantitative estimate of drug-likeness (QED) is 0.581. The second kappa shape index (κ2) is 8.70. The number of pyridine rings is 2. The predicted molar refractivity (Wildman–Crippen MR) is 106 cm³/mol. The highest BCUT2D eigenvalue weighted by Crippen LogP contribution is 2.21. The third-order valence-electron chi connectivity index (χ3n) is 4.24. The maximum Gasteiger partial charge on any atom is 0.278 e. The van der Waals surface area contributed by atoms with Crippen LogP contribution in [-0.4, -0.2) is 55.9 Å². The van der Waals surface area contributed by atoms with E-state index in [2.05, 4.69) is 20.4 Å². The molecule has 0 aliphatic carbocycles. The van der Waals surface area contributed by atoms with Gasteiger partial charge in [0.05, 0.1) is 24.1 Å². The van der Waals surface area contributed by atoms with E-state index in [1.165, 1.54) is 12.4 Å². The minimum absolute atomic E-state index is 0.159. The molecule has 0 aliphatic heterocycles. The van der Waals surface area contributed by atoms with Gasteiger partial charge in [-0.3, -0.25) is 14.5 Å². The zero-order valence-electron chi connectivity index (χ0n) is 16.9. The molecule has 2 N–H and O–H groups in total. The van der Waals surface area contributed by atoms with Gasteiger partial charge in [-0.05, 0) is 31.5 Å². The van der Waals surface area contributed by atoms with Gasteiger partial charge in [0.1, 0.15) is 5.69 Å². The van der Waals surface area contributed by atoms with Crippen LogP contribution >= 0.6 is 0 Å². The van der Waals surface area contributed by atoms with Gasteiger partial charge >= 0.3 is 0 Å². The molecule has 1 atom stereocenters. The van der Waals surface area contributed by atoms with Crippen LogP contribution in [0, 0.1) is 6.92 Å². The van der Waals surface area contributed by atoms with Crippen molar-refractivity contribution in [1.82, 2.24) is 25.1 Å². The Morgan fingerprint density at radius 2 is 2.17 bits per heavy atom. The van der Waals surface area contributed by atoms with Gasteiger partial charge < -0.3 is 15.2 Å². The average Bonchev–Trinajstić information content (AvgIpc) is 3.08. The van der Waals surface area contributed by atoms with Crippen LogP contribution in [0.15, 0.2) is 30.7 Å². The number of aromatic nitrogens is 4. The van der Waals surface area contributed by atoms with Crippen LogP contribution in [0.5, 0.6) is 5.88 Å². The first-order valence-corrected chi connectivity index (χ1v) is 9.36. The van der Waals surface area contributed by atoms with Crippen LogP contribution in [-0.2, 0) is 6.54 Å². The molecular formula is C20H23F2N5O3. The molecule has 0 aliphatic rings. The number of nitrogens with zero attached hydrogens (tertiary/aromatic N) is 4. The summed E-state index contributed by atoms with van der Waals surface area (Å²) in [5.74, 6) is -3.17. The number of halogens is 2. The first kappa shape index (κ1) is 21.6. The molecule has 0 saturated carbocycles. The average molecular weight is 419 g/mol. The van der Waals surface area contributed by atoms with Crippen LogP contribution in [0.2, 0.25) is 0 Å². The topological polar surface area (TPSA) is 102 Å². The van der Waals surface area contributed by atoms with Crippen molar-refractivity contribution in [3.8, 4) is 5.88 Å². The molecule has 0 spiro atoms. The number of carbonyl (C=O) groups excluding carboxylic acids is 1. The number of fused-ring (bicyclic) bond motifs is 1. The lowest BCUT2D eigenvalue weighted by atomic mass is 10.2. The maximum atomic E-state index is 13.0. The van der Waals surface area contributed by atoms with E-state index < -0.39 is 24.5 Å². The molecule has 160 valence electrons. The monoisotopic (exact) mass is 419 g/mol. The number of alkyl halides is 2. The summed E-state index contributed by atoms with van der Waals surface area (Å²) in [6.45, 7) is 3.65. The van der Waals surface area contributed by atoms with E-state index >= 15 is 0 Å². The van der Waals surface area contributed by atoms with Gasteiger partial charge in [-0.2, -0.15) is 5.10 Å². The number of rotatable bonds is 8. The molecular weight excluding hydrogens is 396 g/mol. The van der Waals surface area contributed by atoms with Crippen LogP contribution in [0.4, 0.5) is 8.78 Å². The SMILES string of the molecule is Cc1cc(Cn2cc3c(C(=O)NC(C)CO)nccc3n2)cnc1OCC(C)(F)F. The number of hydrogen-bond acceptors (Lipinski definition) is 6. The number of aliphatic hydroxyl groups excluding tert-OH is 1. The Hall–Kier alpha value is -3.14. The van der Waals surface area contributed by atoms with E-state index in [9.17, 15) is 13.6 Å². The molecule has 3 aromatic heterocycles. The molecule has 1 unspecified atom stereocenters. The van der Waals surface area contributed by atoms with Crippen LogP contribution in [0.3, 0.4) is 0 Å². The second-order valence-corrected chi connectivity index (χ2v) is 7.30. The number of ether oxygens (including phenoxy) is 1. The predicted octanol–water partition coefficient (Wildman–Crippen LogP) is 2.33. The fourth-order valence-electron chi connectivity index (χ4n) is 2.83. The minimum Gasteiger partial charge on any atom is -0.471 e. The summed E-state index contributed by atoms with van der Waals surface area (Å²) in [5.41, 5.74) is 2.25. The van der Waals surface area contributed by atoms with E-state index in [4.69, 9.17) is 9.84 Å². The zero-order valence-corrected chi connectivity index (χ0v) is 16.9. The van der Waals surface area contributed by atoms with E-state index in [1.807, 2.05) is 0 Å². The van der Waals surface area contributed by atoms with Crippen LogP contribution < -0.4 is 10.1 Å². The molecule has 10 heteroatoms. The Balaban J connectivity index is 1.79. The van der Waals surface area contributed by atoms with Crippen LogP contribution in [0.25, 0.3) is 10.9 Å². The largest absolute Gasteiger partial charge is 0.471 e. The van der Waals surface area contributed by atoms with Gasteiger partial charge in [0, 0.05) is 37.1 Å². The van der Waals surface area contributed by atoms with Crippen molar-refractivity contribution in [3.05, 3.63) is 47.5 Å². The minimum atomic E-state index is -2.94. The zero-order chi connectivity index (χ0) is 21.9. The van der Waals surface area contributed by atoms with Gasteiger partial charge in [-0.25, -0.2) is 13.8 Å². The van der Waals surface area contributed by atoms with Crippen molar-refractivity contribution in [2.24, 2.45) is 0 Å². The maximum absolute atomic E-state index is 13.0. The fourth-order valence-corrected chi connectivity index (χ4v) is 2.83. The van der Waals surface area contributed by atoms with Crippen molar-refractivity contribution in [3.63, 3.8) is 0 Å². The second-order valence-electron chi connectivity index (χ2n) is 7.30. The normalized spacial score (nSPS) is 12.7. The van der Waals surface area contributed by atoms with E-state index in [1.54, 1.807) is 36.9 Å². The molecule has 0 fully saturated rings. The smallest absolute Gasteiger partial charge is 0.278 e. The van der Waals surface area contributed by atoms with Crippen LogP contribution in [0.1, 0.15) is 35.5 Å². The first-order valence-electron chi connectivity index (χ1n) is 9.36. The molecule has 3 rings (SSSR count). The summed E-state index contributed by atoms with van der Waals surface area (Å²) in [5, 5.41) is 16.8. The van der Waals surface area contributed by atoms with E-state index in [-0.39, 0.29) is 18.2 Å². The summed E-state index contributed by atoms with van der Waals surface area (Å²) in [6, 6.07) is 3.09. The third kappa shape index (κ3) is 5.26. The molecule has 3 aromatic rings. The van der Waals surface area contributed by atoms with Crippen molar-refractivity contribution in [1.29, 1.82) is 0 Å². The van der Waals surface area contributed by atoms with E-state index in [0.717, 1.165) is 12.5 Å². The molecule has 0 radical (unpaired) electrons. The summed E-state index contributed by atoms with van der Waals surface area (Å²) >= 11 is 0. The lowest BCUT2D eigenvalue weighted by molar-refractivity contribution is -0.0244. The Kier molecular flexibility index (Phi) is 6.25. The van der Waals surface area contributed by atoms with Crippen molar-refractivity contribution >= 4 is 16.8 Å². The van der Waals surface area contributed by atoms with Gasteiger partial charge in [-0.1, -0.05) is 0 Å². The van der Waals surface area contributed by atoms with E-state index in [0.29, 0.717) is 23.0 Å². The molecule has 0 bridgehead atoms. The summed E-state index contributed by atoms with van der Waals surface area (Å²) in [7, 11) is 0. The lowest BCUT2D eigenvalue weighted by Crippen LogP contribution is -2.35. The highest BCUT2D eigenvalue weighted by molar-refractivity contribution is 6.04. The van der Waals surface area contributed by atoms with Gasteiger partial charge in [0.25, 0.3) is 11.8 Å². The van der Waals surface area contributed by atoms with Crippen molar-refractivity contribution < 1.29 is 23.4 Å². The molecule has 0 aromatic carbocycles. The summed E-state index contributed by atoms with van der Waals surface area (Å²) in [4.78, 5) is 20.7. The lowest BCUT2D eigenvalue weighted by Gasteiger charge is -2.13. The highest BCUT2D eigenvalue weighted by atomic mass is 19.3. The Bertz CT molecular complexity index is 1050. The Labute approximate surface area is 171 Å². The molecule has 8 nitrogen and oxygen atoms in total. The number of amides is 1. The van der Waals surface area contributed by atoms with Gasteiger partial charge in [-0.15, -0.1) is 0 Å². The summed E-state index contributed by atoms with van der Waals surface area (Å²) < 4.78 is 32.7. The number of carbonyl (C=O) groups is 1. The highest BCUT2D eigenvalue weighted by Gasteiger charge is 2.23. The standard InChI is InChI=1S/C20H23F2N5O3/c1-12-6-14(7-24-19(12)30-11-20(3,21)22)8-27-9-15-16(26-27)4-5-23-17(15)18(29)25-13(2)10-28/h4-7,9,13,28H,8,10-11H2,1-3H3,(H,25,29). The number of nitrogens with one attached hydrogen (secondary N) is 1. The molecule has 3 heterocycles. The number of aliphatic hydroxyl groups is 1.